The van der Waals surface area contributed by atoms with Gasteiger partial charge in [-0.15, -0.1) is 13.2 Å². The summed E-state index contributed by atoms with van der Waals surface area (Å²) in [5.41, 5.74) is 0.702. The molecule has 3 rings (SSSR count). The van der Waals surface area contributed by atoms with Crippen molar-refractivity contribution in [2.45, 2.75) is 72.1 Å². The Hall–Kier alpha value is -1.59. The van der Waals surface area contributed by atoms with Crippen LogP contribution >= 0.6 is 0 Å². The predicted molar refractivity (Wildman–Crippen MR) is 101 cm³/mol. The maximum Gasteiger partial charge on any atom is 0.573 e. The van der Waals surface area contributed by atoms with Gasteiger partial charge in [-0.05, 0) is 67.6 Å². The minimum atomic E-state index is -5.05. The topological polar surface area (TPSA) is 9.23 Å². The molecule has 0 bridgehead atoms. The summed E-state index contributed by atoms with van der Waals surface area (Å²) in [6.07, 6.45) is 4.16. The zero-order valence-electron chi connectivity index (χ0n) is 16.7. The lowest BCUT2D eigenvalue weighted by molar-refractivity contribution is -0.275. The Bertz CT molecular complexity index is 672. The lowest BCUT2D eigenvalue weighted by Crippen LogP contribution is -2.22. The molecule has 6 heteroatoms. The normalized spacial score (nSPS) is 25.4. The molecule has 0 N–H and O–H groups in total. The van der Waals surface area contributed by atoms with Gasteiger partial charge >= 0.3 is 6.36 Å². The number of ether oxygens (including phenoxy) is 1. The number of hydrogen-bond donors (Lipinski definition) is 0. The summed E-state index contributed by atoms with van der Waals surface area (Å²) in [4.78, 5) is 0. The van der Waals surface area contributed by atoms with E-state index in [-0.39, 0.29) is 5.56 Å². The molecule has 1 unspecified atom stereocenters. The fourth-order valence-corrected chi connectivity index (χ4v) is 4.27. The zero-order chi connectivity index (χ0) is 20.9. The van der Waals surface area contributed by atoms with Gasteiger partial charge in [0.2, 0.25) is 5.82 Å². The summed E-state index contributed by atoms with van der Waals surface area (Å²) in [5, 5.41) is 0. The third kappa shape index (κ3) is 5.71. The summed E-state index contributed by atoms with van der Waals surface area (Å²) in [6, 6.07) is 2.02. The quantitative estimate of drug-likeness (QED) is 0.465. The van der Waals surface area contributed by atoms with Crippen LogP contribution in [0.15, 0.2) is 18.2 Å². The highest BCUT2D eigenvalue weighted by Crippen LogP contribution is 2.42. The SMILES string of the molecule is CC.CC1CCC(C2CC=C(c3ccc(OC(F)(F)F)c(F)c3F)CC2)CC1. The molecule has 28 heavy (non-hydrogen) atoms. The van der Waals surface area contributed by atoms with Gasteiger partial charge in [-0.2, -0.15) is 4.39 Å². The lowest BCUT2D eigenvalue weighted by Gasteiger charge is -2.34. The predicted octanol–water partition coefficient (Wildman–Crippen LogP) is 7.90. The van der Waals surface area contributed by atoms with Crippen molar-refractivity contribution in [2.75, 3.05) is 0 Å². The van der Waals surface area contributed by atoms with Gasteiger partial charge in [0.05, 0.1) is 0 Å². The van der Waals surface area contributed by atoms with E-state index in [9.17, 15) is 22.0 Å². The van der Waals surface area contributed by atoms with Crippen LogP contribution in [0.5, 0.6) is 5.75 Å². The van der Waals surface area contributed by atoms with E-state index in [0.717, 1.165) is 24.8 Å². The zero-order valence-corrected chi connectivity index (χ0v) is 16.7. The molecular formula is C22H29F5O. The van der Waals surface area contributed by atoms with Crippen molar-refractivity contribution in [3.8, 4) is 5.75 Å². The smallest absolute Gasteiger partial charge is 0.403 e. The molecule has 1 aromatic rings. The van der Waals surface area contributed by atoms with Crippen molar-refractivity contribution in [3.05, 3.63) is 35.4 Å². The van der Waals surface area contributed by atoms with Crippen molar-refractivity contribution < 1.29 is 26.7 Å². The van der Waals surface area contributed by atoms with Gasteiger partial charge in [-0.25, -0.2) is 4.39 Å². The van der Waals surface area contributed by atoms with Gasteiger partial charge in [-0.3, -0.25) is 0 Å². The first-order valence-corrected chi connectivity index (χ1v) is 10.2. The van der Waals surface area contributed by atoms with Gasteiger partial charge < -0.3 is 4.74 Å². The average Bonchev–Trinajstić information content (AvgIpc) is 2.67. The van der Waals surface area contributed by atoms with Crippen LogP contribution in [0.1, 0.15) is 71.3 Å². The molecule has 0 spiro atoms. The summed E-state index contributed by atoms with van der Waals surface area (Å²) in [6.45, 7) is 6.28. The van der Waals surface area contributed by atoms with Crippen LogP contribution in [0.3, 0.4) is 0 Å². The highest BCUT2D eigenvalue weighted by molar-refractivity contribution is 5.67. The number of hydrogen-bond acceptors (Lipinski definition) is 1. The Balaban J connectivity index is 0.00000136. The third-order valence-corrected chi connectivity index (χ3v) is 5.80. The summed E-state index contributed by atoms with van der Waals surface area (Å²) in [5.74, 6) is -1.97. The largest absolute Gasteiger partial charge is 0.573 e. The number of halogens is 5. The number of alkyl halides is 3. The van der Waals surface area contributed by atoms with E-state index in [2.05, 4.69) is 11.7 Å². The number of benzene rings is 1. The monoisotopic (exact) mass is 404 g/mol. The van der Waals surface area contributed by atoms with Crippen LogP contribution in [0.2, 0.25) is 0 Å². The highest BCUT2D eigenvalue weighted by Gasteiger charge is 2.34. The van der Waals surface area contributed by atoms with Crippen LogP contribution in [0.4, 0.5) is 22.0 Å². The molecule has 1 nitrogen and oxygen atoms in total. The third-order valence-electron chi connectivity index (χ3n) is 5.80. The van der Waals surface area contributed by atoms with Crippen molar-refractivity contribution in [3.63, 3.8) is 0 Å². The molecule has 0 aromatic heterocycles. The Labute approximate surface area is 164 Å². The summed E-state index contributed by atoms with van der Waals surface area (Å²) in [7, 11) is 0. The van der Waals surface area contributed by atoms with Gasteiger partial charge in [0, 0.05) is 5.56 Å². The first kappa shape index (κ1) is 22.7. The van der Waals surface area contributed by atoms with Crippen molar-refractivity contribution in [1.29, 1.82) is 0 Å². The molecule has 1 saturated carbocycles. The number of rotatable bonds is 3. The van der Waals surface area contributed by atoms with E-state index < -0.39 is 23.7 Å². The van der Waals surface area contributed by atoms with Crippen LogP contribution in [-0.2, 0) is 0 Å². The molecule has 1 aromatic carbocycles. The maximum absolute atomic E-state index is 14.3. The first-order chi connectivity index (χ1) is 13.2. The van der Waals surface area contributed by atoms with Gasteiger partial charge in [0.1, 0.15) is 0 Å². The molecular weight excluding hydrogens is 375 g/mol. The van der Waals surface area contributed by atoms with Crippen molar-refractivity contribution in [2.24, 2.45) is 17.8 Å². The molecule has 0 heterocycles. The Morgan fingerprint density at radius 2 is 1.54 bits per heavy atom. The Morgan fingerprint density at radius 1 is 0.893 bits per heavy atom. The summed E-state index contributed by atoms with van der Waals surface area (Å²) >= 11 is 0. The molecule has 0 radical (unpaired) electrons. The van der Waals surface area contributed by atoms with Gasteiger partial charge in [0.25, 0.3) is 0 Å². The van der Waals surface area contributed by atoms with Crippen molar-refractivity contribution in [1.82, 2.24) is 0 Å². The van der Waals surface area contributed by atoms with E-state index in [1.165, 1.54) is 31.7 Å². The molecule has 0 aliphatic heterocycles. The Morgan fingerprint density at radius 3 is 2.07 bits per heavy atom. The molecule has 0 amide bonds. The highest BCUT2D eigenvalue weighted by atomic mass is 19.4. The van der Waals surface area contributed by atoms with E-state index in [1.807, 2.05) is 19.9 Å². The fraction of sp³-hybridized carbons (Fsp3) is 0.636. The number of allylic oxidation sites excluding steroid dienone is 2. The lowest BCUT2D eigenvalue weighted by atomic mass is 9.71. The minimum Gasteiger partial charge on any atom is -0.403 e. The molecule has 158 valence electrons. The summed E-state index contributed by atoms with van der Waals surface area (Å²) < 4.78 is 68.4. The second kappa shape index (κ2) is 9.75. The van der Waals surface area contributed by atoms with E-state index in [0.29, 0.717) is 23.8 Å². The Kier molecular flexibility index (Phi) is 7.90. The molecule has 1 atom stereocenters. The van der Waals surface area contributed by atoms with E-state index >= 15 is 0 Å². The van der Waals surface area contributed by atoms with Crippen molar-refractivity contribution >= 4 is 5.57 Å². The van der Waals surface area contributed by atoms with E-state index in [4.69, 9.17) is 0 Å². The molecule has 2 aliphatic rings. The second-order valence-corrected chi connectivity index (χ2v) is 7.57. The van der Waals surface area contributed by atoms with Crippen LogP contribution < -0.4 is 4.74 Å². The van der Waals surface area contributed by atoms with Crippen LogP contribution in [0.25, 0.3) is 5.57 Å². The van der Waals surface area contributed by atoms with Crippen LogP contribution in [-0.4, -0.2) is 6.36 Å². The maximum atomic E-state index is 14.3. The second-order valence-electron chi connectivity index (χ2n) is 7.57. The van der Waals surface area contributed by atoms with Gasteiger partial charge in [-0.1, -0.05) is 39.7 Å². The van der Waals surface area contributed by atoms with Gasteiger partial charge in [0.15, 0.2) is 11.6 Å². The standard InChI is InChI=1S/C20H23F5O.C2H6/c1-12-2-4-13(5-3-12)14-6-8-15(9-7-14)16-10-11-17(19(22)18(16)21)26-20(23,24)25;1-2/h8,10-14H,2-7,9H2,1H3;1-2H3. The first-order valence-electron chi connectivity index (χ1n) is 10.2. The molecule has 1 fully saturated rings. The fourth-order valence-electron chi connectivity index (χ4n) is 4.27. The molecule has 0 saturated heterocycles. The van der Waals surface area contributed by atoms with Crippen LogP contribution in [0, 0.1) is 29.4 Å². The minimum absolute atomic E-state index is 0.0349. The average molecular weight is 404 g/mol. The molecule has 2 aliphatic carbocycles. The van der Waals surface area contributed by atoms with E-state index in [1.54, 1.807) is 0 Å².